The van der Waals surface area contributed by atoms with E-state index in [2.05, 4.69) is 15.6 Å². The second-order valence-corrected chi connectivity index (χ2v) is 8.92. The minimum atomic E-state index is -0.626. The van der Waals surface area contributed by atoms with Crippen LogP contribution in [-0.2, 0) is 4.74 Å². The normalized spacial score (nSPS) is 12.3. The number of carbonyl (C=O) groups is 1. The van der Waals surface area contributed by atoms with Crippen molar-refractivity contribution in [2.24, 2.45) is 0 Å². The fourth-order valence-corrected chi connectivity index (χ4v) is 3.26. The molecule has 0 saturated heterocycles. The lowest BCUT2D eigenvalue weighted by molar-refractivity contribution is 0.0636. The van der Waals surface area contributed by atoms with Gasteiger partial charge in [0.25, 0.3) is 6.01 Å². The van der Waals surface area contributed by atoms with E-state index in [0.717, 1.165) is 11.3 Å². The highest BCUT2D eigenvalue weighted by molar-refractivity contribution is 5.93. The number of fused-ring (bicyclic) bond motifs is 1. The molecule has 8 nitrogen and oxygen atoms in total. The van der Waals surface area contributed by atoms with Gasteiger partial charge in [-0.15, -0.1) is 0 Å². The number of aromatic nitrogens is 1. The summed E-state index contributed by atoms with van der Waals surface area (Å²) in [6.45, 7) is 9.05. The van der Waals surface area contributed by atoms with Gasteiger partial charge in [-0.1, -0.05) is 12.1 Å². The molecule has 8 heteroatoms. The quantitative estimate of drug-likeness (QED) is 0.573. The number of nitrogens with zero attached hydrogens (tertiary/aromatic N) is 2. The molecule has 1 atom stereocenters. The third kappa shape index (κ3) is 5.38. The zero-order valence-electron chi connectivity index (χ0n) is 19.6. The average molecular weight is 439 g/mol. The maximum Gasteiger partial charge on any atom is 0.412 e. The predicted molar refractivity (Wildman–Crippen MR) is 128 cm³/mol. The lowest BCUT2D eigenvalue weighted by Crippen LogP contribution is -2.27. The molecule has 1 heterocycles. The summed E-state index contributed by atoms with van der Waals surface area (Å²) in [6.07, 6.45) is -0.593. The molecule has 2 N–H and O–H groups in total. The number of ether oxygens (including phenoxy) is 1. The largest absolute Gasteiger partial charge is 0.444 e. The highest BCUT2D eigenvalue weighted by atomic mass is 16.6. The van der Waals surface area contributed by atoms with Crippen LogP contribution in [0.4, 0.5) is 22.2 Å². The van der Waals surface area contributed by atoms with Gasteiger partial charge >= 0.3 is 11.7 Å². The highest BCUT2D eigenvalue weighted by Gasteiger charge is 2.19. The Balaban J connectivity index is 1.84. The molecule has 170 valence electrons. The van der Waals surface area contributed by atoms with Crippen molar-refractivity contribution >= 4 is 34.4 Å². The van der Waals surface area contributed by atoms with E-state index in [0.29, 0.717) is 22.2 Å². The van der Waals surface area contributed by atoms with E-state index in [1.54, 1.807) is 39.8 Å². The lowest BCUT2D eigenvalue weighted by atomic mass is 10.1. The number of carbonyl (C=O) groups excluding carboxylic acids is 1. The number of rotatable bonds is 5. The first-order valence-electron chi connectivity index (χ1n) is 10.4. The second kappa shape index (κ2) is 8.90. The molecule has 0 aliphatic heterocycles. The Morgan fingerprint density at radius 2 is 1.78 bits per heavy atom. The first kappa shape index (κ1) is 23.1. The molecule has 0 spiro atoms. The molecule has 1 unspecified atom stereocenters. The number of hydrogen-bond acceptors (Lipinski definition) is 7. The molecule has 0 saturated carbocycles. The Morgan fingerprint density at radius 1 is 1.12 bits per heavy atom. The number of hydrogen-bond donors (Lipinski definition) is 2. The van der Waals surface area contributed by atoms with E-state index >= 15 is 0 Å². The number of nitrogens with one attached hydrogen (secondary N) is 2. The van der Waals surface area contributed by atoms with Crippen LogP contribution in [0.5, 0.6) is 0 Å². The SMILES string of the molecule is Cc1c(NC(=O)OC(C)(C)C)ccc2nc(NC(C)c3ccc(N(C)C)cc3)oc(=O)c12. The van der Waals surface area contributed by atoms with Gasteiger partial charge in [0, 0.05) is 25.5 Å². The summed E-state index contributed by atoms with van der Waals surface area (Å²) in [5, 5.41) is 6.14. The van der Waals surface area contributed by atoms with Crippen molar-refractivity contribution in [1.82, 2.24) is 4.98 Å². The van der Waals surface area contributed by atoms with Crippen LogP contribution in [0.15, 0.2) is 45.6 Å². The van der Waals surface area contributed by atoms with Gasteiger partial charge in [0.15, 0.2) is 0 Å². The Bertz CT molecular complexity index is 1180. The van der Waals surface area contributed by atoms with Crippen molar-refractivity contribution in [3.8, 4) is 0 Å². The molecular formula is C24H30N4O4. The van der Waals surface area contributed by atoms with Crippen LogP contribution in [-0.4, -0.2) is 30.8 Å². The van der Waals surface area contributed by atoms with Gasteiger partial charge in [0.2, 0.25) is 0 Å². The summed E-state index contributed by atoms with van der Waals surface area (Å²) in [4.78, 5) is 31.3. The molecule has 1 amide bonds. The molecule has 0 aliphatic carbocycles. The van der Waals surface area contributed by atoms with E-state index in [1.807, 2.05) is 50.2 Å². The van der Waals surface area contributed by atoms with E-state index in [1.165, 1.54) is 0 Å². The third-order valence-electron chi connectivity index (χ3n) is 4.94. The third-order valence-corrected chi connectivity index (χ3v) is 4.94. The summed E-state index contributed by atoms with van der Waals surface area (Å²) < 4.78 is 10.7. The molecule has 2 aromatic carbocycles. The van der Waals surface area contributed by atoms with Crippen LogP contribution < -0.4 is 21.2 Å². The summed E-state index contributed by atoms with van der Waals surface area (Å²) >= 11 is 0. The molecule has 3 rings (SSSR count). The van der Waals surface area contributed by atoms with Crippen molar-refractivity contribution in [3.63, 3.8) is 0 Å². The number of aryl methyl sites for hydroxylation is 1. The standard InChI is InChI=1S/C24H30N4O4/c1-14-18(27-23(30)32-24(3,4)5)12-13-19-20(14)21(29)31-22(26-19)25-15(2)16-8-10-17(11-9-16)28(6)7/h8-13,15H,1-7H3,(H,25,26)(H,27,30). The zero-order chi connectivity index (χ0) is 23.6. The average Bonchev–Trinajstić information content (AvgIpc) is 2.68. The van der Waals surface area contributed by atoms with Crippen LogP contribution in [0.3, 0.4) is 0 Å². The maximum absolute atomic E-state index is 12.7. The minimum Gasteiger partial charge on any atom is -0.444 e. The van der Waals surface area contributed by atoms with E-state index in [9.17, 15) is 9.59 Å². The van der Waals surface area contributed by atoms with Gasteiger partial charge in [-0.2, -0.15) is 4.98 Å². The summed E-state index contributed by atoms with van der Waals surface area (Å²) in [5.41, 5.74) is 2.49. The van der Waals surface area contributed by atoms with Crippen LogP contribution in [0.2, 0.25) is 0 Å². The monoisotopic (exact) mass is 438 g/mol. The van der Waals surface area contributed by atoms with Gasteiger partial charge in [-0.05, 0) is 70.0 Å². The molecule has 0 radical (unpaired) electrons. The maximum atomic E-state index is 12.7. The second-order valence-electron chi connectivity index (χ2n) is 8.92. The molecule has 0 bridgehead atoms. The first-order valence-corrected chi connectivity index (χ1v) is 10.4. The molecule has 1 aromatic heterocycles. The Kier molecular flexibility index (Phi) is 6.43. The fourth-order valence-electron chi connectivity index (χ4n) is 3.26. The van der Waals surface area contributed by atoms with Gasteiger partial charge < -0.3 is 19.4 Å². The van der Waals surface area contributed by atoms with Crippen LogP contribution in [0, 0.1) is 6.92 Å². The first-order chi connectivity index (χ1) is 14.9. The number of anilines is 3. The Hall–Kier alpha value is -3.55. The molecule has 32 heavy (non-hydrogen) atoms. The molecule has 0 fully saturated rings. The fraction of sp³-hybridized carbons (Fsp3) is 0.375. The van der Waals surface area contributed by atoms with Crippen molar-refractivity contribution in [3.05, 3.63) is 57.9 Å². The van der Waals surface area contributed by atoms with Gasteiger partial charge in [0.05, 0.1) is 16.9 Å². The molecule has 0 aliphatic rings. The molecule has 3 aromatic rings. The van der Waals surface area contributed by atoms with Crippen LogP contribution in [0.1, 0.15) is 44.9 Å². The highest BCUT2D eigenvalue weighted by Crippen LogP contribution is 2.25. The topological polar surface area (TPSA) is 96.7 Å². The summed E-state index contributed by atoms with van der Waals surface area (Å²) in [6, 6.07) is 11.5. The number of amides is 1. The predicted octanol–water partition coefficient (Wildman–Crippen LogP) is 5.08. The van der Waals surface area contributed by atoms with Crippen molar-refractivity contribution < 1.29 is 13.9 Å². The van der Waals surface area contributed by atoms with Gasteiger partial charge in [0.1, 0.15) is 5.60 Å². The van der Waals surface area contributed by atoms with E-state index < -0.39 is 17.3 Å². The summed E-state index contributed by atoms with van der Waals surface area (Å²) in [7, 11) is 3.97. The minimum absolute atomic E-state index is 0.117. The van der Waals surface area contributed by atoms with Crippen molar-refractivity contribution in [2.45, 2.75) is 46.3 Å². The summed E-state index contributed by atoms with van der Waals surface area (Å²) in [5.74, 6) is 0. The Morgan fingerprint density at radius 3 is 2.38 bits per heavy atom. The van der Waals surface area contributed by atoms with Gasteiger partial charge in [-0.25, -0.2) is 9.59 Å². The smallest absolute Gasteiger partial charge is 0.412 e. The lowest BCUT2D eigenvalue weighted by Gasteiger charge is -2.20. The van der Waals surface area contributed by atoms with Crippen LogP contribution >= 0.6 is 0 Å². The van der Waals surface area contributed by atoms with Crippen molar-refractivity contribution in [1.29, 1.82) is 0 Å². The molecular weight excluding hydrogens is 408 g/mol. The number of benzene rings is 2. The van der Waals surface area contributed by atoms with Gasteiger partial charge in [-0.3, -0.25) is 5.32 Å². The van der Waals surface area contributed by atoms with Crippen molar-refractivity contribution in [2.75, 3.05) is 29.6 Å². The van der Waals surface area contributed by atoms with E-state index in [4.69, 9.17) is 9.15 Å². The van der Waals surface area contributed by atoms with E-state index in [-0.39, 0.29) is 12.1 Å². The van der Waals surface area contributed by atoms with Crippen LogP contribution in [0.25, 0.3) is 10.9 Å². The zero-order valence-corrected chi connectivity index (χ0v) is 19.6. The Labute approximate surface area is 187 Å².